The summed E-state index contributed by atoms with van der Waals surface area (Å²) < 4.78 is 19.6. The van der Waals surface area contributed by atoms with Gasteiger partial charge in [0.15, 0.2) is 0 Å². The van der Waals surface area contributed by atoms with Crippen molar-refractivity contribution in [2.45, 2.75) is 6.61 Å². The lowest BCUT2D eigenvalue weighted by atomic mass is 10.2. The van der Waals surface area contributed by atoms with E-state index in [1.807, 2.05) is 0 Å². The van der Waals surface area contributed by atoms with Crippen molar-refractivity contribution >= 4 is 51.9 Å². The van der Waals surface area contributed by atoms with Crippen LogP contribution in [0.5, 0.6) is 5.75 Å². The maximum absolute atomic E-state index is 13.6. The second-order valence-electron chi connectivity index (χ2n) is 4.92. The fourth-order valence-electron chi connectivity index (χ4n) is 2.07. The maximum atomic E-state index is 13.6. The summed E-state index contributed by atoms with van der Waals surface area (Å²) in [7, 11) is 0. The minimum absolute atomic E-state index is 0.0827. The maximum Gasteiger partial charge on any atom is 0.263 e. The Morgan fingerprint density at radius 1 is 1.29 bits per heavy atom. The van der Waals surface area contributed by atoms with Crippen LogP contribution in [0.15, 0.2) is 47.4 Å². The van der Waals surface area contributed by atoms with E-state index in [1.165, 1.54) is 17.8 Å². The van der Waals surface area contributed by atoms with Gasteiger partial charge < -0.3 is 10.1 Å². The fraction of sp³-hybridized carbons (Fsp3) is 0.0588. The molecule has 3 rings (SSSR count). The van der Waals surface area contributed by atoms with E-state index >= 15 is 0 Å². The average Bonchev–Trinajstić information content (AvgIpc) is 2.85. The Kier molecular flexibility index (Phi) is 5.18. The molecule has 2 aromatic rings. The Bertz CT molecular complexity index is 854. The molecular formula is C17H11ClFNO2S2. The topological polar surface area (TPSA) is 38.3 Å². The van der Waals surface area contributed by atoms with E-state index < -0.39 is 0 Å². The lowest BCUT2D eigenvalue weighted by molar-refractivity contribution is -0.115. The third-order valence-corrected chi connectivity index (χ3v) is 4.69. The molecule has 3 nitrogen and oxygen atoms in total. The largest absolute Gasteiger partial charge is 0.487 e. The first-order chi connectivity index (χ1) is 11.5. The molecule has 122 valence electrons. The van der Waals surface area contributed by atoms with Gasteiger partial charge in [-0.1, -0.05) is 59.8 Å². The molecule has 1 saturated heterocycles. The summed E-state index contributed by atoms with van der Waals surface area (Å²) in [5.41, 5.74) is 1.20. The molecule has 7 heteroatoms. The molecule has 0 atom stereocenters. The van der Waals surface area contributed by atoms with E-state index in [1.54, 1.807) is 42.5 Å². The molecule has 1 heterocycles. The molecule has 1 N–H and O–H groups in total. The van der Waals surface area contributed by atoms with E-state index in [9.17, 15) is 9.18 Å². The summed E-state index contributed by atoms with van der Waals surface area (Å²) >= 11 is 12.3. The van der Waals surface area contributed by atoms with Crippen molar-refractivity contribution in [3.05, 3.63) is 69.3 Å². The fourth-order valence-corrected chi connectivity index (χ4v) is 3.36. The van der Waals surface area contributed by atoms with Crippen LogP contribution in [0.2, 0.25) is 5.02 Å². The Morgan fingerprint density at radius 2 is 2.08 bits per heavy atom. The van der Waals surface area contributed by atoms with Gasteiger partial charge in [-0.3, -0.25) is 4.79 Å². The molecule has 1 amide bonds. The van der Waals surface area contributed by atoms with Gasteiger partial charge in [0.25, 0.3) is 5.91 Å². The number of nitrogens with one attached hydrogen (secondary N) is 1. The van der Waals surface area contributed by atoms with Crippen molar-refractivity contribution in [3.8, 4) is 5.75 Å². The Hall–Kier alpha value is -1.89. The second kappa shape index (κ2) is 7.34. The van der Waals surface area contributed by atoms with Gasteiger partial charge in [-0.05, 0) is 29.8 Å². The Labute approximate surface area is 152 Å². The van der Waals surface area contributed by atoms with Crippen molar-refractivity contribution in [1.29, 1.82) is 0 Å². The normalized spacial score (nSPS) is 15.7. The van der Waals surface area contributed by atoms with E-state index in [0.717, 1.165) is 5.56 Å². The summed E-state index contributed by atoms with van der Waals surface area (Å²) in [6.07, 6.45) is 1.70. The van der Waals surface area contributed by atoms with Crippen LogP contribution in [-0.4, -0.2) is 10.2 Å². The van der Waals surface area contributed by atoms with Gasteiger partial charge in [0.05, 0.1) is 9.93 Å². The molecule has 0 radical (unpaired) electrons. The van der Waals surface area contributed by atoms with Gasteiger partial charge in [0, 0.05) is 5.56 Å². The van der Waals surface area contributed by atoms with Crippen molar-refractivity contribution < 1.29 is 13.9 Å². The number of carbonyl (C=O) groups excluding carboxylic acids is 1. The van der Waals surface area contributed by atoms with E-state index in [0.29, 0.717) is 25.6 Å². The molecule has 0 bridgehead atoms. The van der Waals surface area contributed by atoms with Crippen LogP contribution in [0.4, 0.5) is 4.39 Å². The third kappa shape index (κ3) is 3.95. The molecule has 1 fully saturated rings. The highest BCUT2D eigenvalue weighted by Gasteiger charge is 2.22. The highest BCUT2D eigenvalue weighted by Crippen LogP contribution is 2.30. The van der Waals surface area contributed by atoms with Gasteiger partial charge >= 0.3 is 0 Å². The Morgan fingerprint density at radius 3 is 2.75 bits per heavy atom. The van der Waals surface area contributed by atoms with Gasteiger partial charge in [0.2, 0.25) is 0 Å². The van der Waals surface area contributed by atoms with Crippen molar-refractivity contribution in [2.24, 2.45) is 0 Å². The molecule has 0 saturated carbocycles. The van der Waals surface area contributed by atoms with Crippen LogP contribution >= 0.6 is 35.6 Å². The zero-order valence-electron chi connectivity index (χ0n) is 12.2. The van der Waals surface area contributed by atoms with Crippen LogP contribution < -0.4 is 10.1 Å². The Balaban J connectivity index is 1.73. The minimum Gasteiger partial charge on any atom is -0.487 e. The summed E-state index contributed by atoms with van der Waals surface area (Å²) in [6.45, 7) is 0.0827. The van der Waals surface area contributed by atoms with E-state index in [4.69, 9.17) is 28.6 Å². The summed E-state index contributed by atoms with van der Waals surface area (Å²) in [5, 5.41) is 2.93. The first-order valence-corrected chi connectivity index (χ1v) is 8.54. The zero-order chi connectivity index (χ0) is 17.1. The van der Waals surface area contributed by atoms with Crippen molar-refractivity contribution in [2.75, 3.05) is 0 Å². The predicted octanol–water partition coefficient (Wildman–Crippen LogP) is 4.55. The van der Waals surface area contributed by atoms with Gasteiger partial charge in [0.1, 0.15) is 22.5 Å². The van der Waals surface area contributed by atoms with Gasteiger partial charge in [-0.15, -0.1) is 0 Å². The monoisotopic (exact) mass is 379 g/mol. The molecule has 1 aliphatic heterocycles. The van der Waals surface area contributed by atoms with Crippen LogP contribution in [0.1, 0.15) is 11.1 Å². The average molecular weight is 380 g/mol. The number of benzene rings is 2. The molecule has 0 spiro atoms. The second-order valence-corrected chi connectivity index (χ2v) is 7.05. The van der Waals surface area contributed by atoms with E-state index in [-0.39, 0.29) is 18.3 Å². The number of amides is 1. The van der Waals surface area contributed by atoms with Crippen LogP contribution in [0.25, 0.3) is 6.08 Å². The summed E-state index contributed by atoms with van der Waals surface area (Å²) in [6, 6.07) is 11.5. The number of rotatable bonds is 4. The van der Waals surface area contributed by atoms with Crippen LogP contribution in [0.3, 0.4) is 0 Å². The molecule has 1 aliphatic rings. The first kappa shape index (κ1) is 17.0. The number of halogens is 2. The minimum atomic E-state index is -0.324. The third-order valence-electron chi connectivity index (χ3n) is 3.24. The highest BCUT2D eigenvalue weighted by molar-refractivity contribution is 8.26. The summed E-state index contributed by atoms with van der Waals surface area (Å²) in [5.74, 6) is -0.0997. The zero-order valence-corrected chi connectivity index (χ0v) is 14.6. The lowest BCUT2D eigenvalue weighted by Crippen LogP contribution is -2.17. The van der Waals surface area contributed by atoms with Crippen LogP contribution in [0, 0.1) is 5.82 Å². The smallest absolute Gasteiger partial charge is 0.263 e. The lowest BCUT2D eigenvalue weighted by Gasteiger charge is -2.09. The van der Waals surface area contributed by atoms with Crippen molar-refractivity contribution in [1.82, 2.24) is 5.32 Å². The molecule has 0 unspecified atom stereocenters. The number of hydrogen-bond donors (Lipinski definition) is 1. The number of hydrogen-bond acceptors (Lipinski definition) is 4. The molecule has 2 aromatic carbocycles. The molecule has 0 aromatic heterocycles. The van der Waals surface area contributed by atoms with Crippen molar-refractivity contribution in [3.63, 3.8) is 0 Å². The SMILES string of the molecule is O=C1NC(=S)S/C1=C\c1ccc(OCc2ccccc2F)c(Cl)c1. The number of thioether (sulfide) groups is 1. The standard InChI is InChI=1S/C17H11ClFNO2S2/c18-12-7-10(8-15-16(21)20-17(23)24-15)5-6-14(12)22-9-11-3-1-2-4-13(11)19/h1-8H,9H2,(H,20,21,23)/b15-8-. The van der Waals surface area contributed by atoms with Gasteiger partial charge in [-0.2, -0.15) is 0 Å². The number of thiocarbonyl (C=S) groups is 1. The van der Waals surface area contributed by atoms with Gasteiger partial charge in [-0.25, -0.2) is 4.39 Å². The molecular weight excluding hydrogens is 369 g/mol. The number of carbonyl (C=O) groups is 1. The quantitative estimate of drug-likeness (QED) is 0.625. The van der Waals surface area contributed by atoms with Crippen LogP contribution in [-0.2, 0) is 11.4 Å². The number of ether oxygens (including phenoxy) is 1. The van der Waals surface area contributed by atoms with E-state index in [2.05, 4.69) is 5.32 Å². The first-order valence-electron chi connectivity index (χ1n) is 6.93. The highest BCUT2D eigenvalue weighted by atomic mass is 35.5. The predicted molar refractivity (Wildman–Crippen MR) is 98.5 cm³/mol. The molecule has 24 heavy (non-hydrogen) atoms. The summed E-state index contributed by atoms with van der Waals surface area (Å²) in [4.78, 5) is 12.2. The molecule has 0 aliphatic carbocycles.